The number of anilines is 2. The molecule has 0 bridgehead atoms. The largest absolute Gasteiger partial charge is 0.496 e. The van der Waals surface area contributed by atoms with Crippen molar-refractivity contribution in [3.63, 3.8) is 0 Å². The zero-order chi connectivity index (χ0) is 28.3. The molecule has 3 rings (SSSR count). The van der Waals surface area contributed by atoms with E-state index in [0.29, 0.717) is 19.4 Å². The van der Waals surface area contributed by atoms with Gasteiger partial charge in [-0.3, -0.25) is 10.2 Å². The molecule has 1 unspecified atom stereocenters. The Labute approximate surface area is 219 Å². The molecule has 9 nitrogen and oxygen atoms in total. The summed E-state index contributed by atoms with van der Waals surface area (Å²) in [5.41, 5.74) is 4.89. The number of carbonyl (C=O) groups excluding carboxylic acids is 1. The number of methoxy groups -OCH3 is 1. The summed E-state index contributed by atoms with van der Waals surface area (Å²) in [5.74, 6) is -0.606. The molecule has 0 radical (unpaired) electrons. The number of nitrogens with zero attached hydrogens (tertiary/aromatic N) is 4. The molecule has 1 fully saturated rings. The summed E-state index contributed by atoms with van der Waals surface area (Å²) in [6.45, 7) is 6.48. The van der Waals surface area contributed by atoms with E-state index in [1.165, 1.54) is 6.33 Å². The minimum absolute atomic E-state index is 0.0324. The van der Waals surface area contributed by atoms with Crippen LogP contribution in [0.3, 0.4) is 0 Å². The molecule has 1 aliphatic heterocycles. The van der Waals surface area contributed by atoms with E-state index in [4.69, 9.17) is 15.9 Å². The third kappa shape index (κ3) is 6.59. The molecule has 1 aromatic carbocycles. The monoisotopic (exact) mass is 529 g/mol. The van der Waals surface area contributed by atoms with E-state index in [-0.39, 0.29) is 58.0 Å². The molecule has 2 heterocycles. The zero-order valence-electron chi connectivity index (χ0n) is 21.6. The molecule has 2 aromatic rings. The van der Waals surface area contributed by atoms with Crippen LogP contribution in [-0.4, -0.2) is 52.7 Å². The summed E-state index contributed by atoms with van der Waals surface area (Å²) in [7, 11) is 1.12. The Bertz CT molecular complexity index is 1290. The molecule has 1 atom stereocenters. The molecular formula is C26H30F3N7O2. The maximum Gasteiger partial charge on any atom is 0.419 e. The third-order valence-corrected chi connectivity index (χ3v) is 5.90. The topological polar surface area (TPSA) is 141 Å². The van der Waals surface area contributed by atoms with Gasteiger partial charge in [-0.25, -0.2) is 9.97 Å². The van der Waals surface area contributed by atoms with Crippen LogP contribution in [0.4, 0.5) is 24.8 Å². The molecular weight excluding hydrogens is 499 g/mol. The SMILES string of the molecule is COc1cc(C(=N)c2c(N)ncnc2NC2CCCN(C(=O)/C(C#N)=C/C(C)(C)C)C2)ccc1C(F)(F)F. The molecule has 0 spiro atoms. The number of hydrogen-bond donors (Lipinski definition) is 3. The van der Waals surface area contributed by atoms with Gasteiger partial charge in [0.2, 0.25) is 0 Å². The summed E-state index contributed by atoms with van der Waals surface area (Å²) >= 11 is 0. The van der Waals surface area contributed by atoms with E-state index < -0.39 is 17.5 Å². The highest BCUT2D eigenvalue weighted by Crippen LogP contribution is 2.37. The van der Waals surface area contributed by atoms with Crippen LogP contribution in [0.5, 0.6) is 5.75 Å². The van der Waals surface area contributed by atoms with Gasteiger partial charge >= 0.3 is 6.18 Å². The maximum atomic E-state index is 13.3. The Morgan fingerprint density at radius 2 is 2.03 bits per heavy atom. The number of nitrogens with two attached hydrogens (primary N) is 1. The van der Waals surface area contributed by atoms with Crippen LogP contribution in [-0.2, 0) is 11.0 Å². The smallest absolute Gasteiger partial charge is 0.419 e. The number of halogens is 3. The number of allylic oxidation sites excluding steroid dienone is 1. The first kappa shape index (κ1) is 28.4. The van der Waals surface area contributed by atoms with Crippen LogP contribution in [0, 0.1) is 22.2 Å². The van der Waals surface area contributed by atoms with Gasteiger partial charge < -0.3 is 20.7 Å². The van der Waals surface area contributed by atoms with Gasteiger partial charge in [0.25, 0.3) is 5.91 Å². The molecule has 38 heavy (non-hydrogen) atoms. The highest BCUT2D eigenvalue weighted by Gasteiger charge is 2.35. The fourth-order valence-corrected chi connectivity index (χ4v) is 4.20. The number of rotatable bonds is 6. The standard InChI is InChI=1S/C26H30F3N7O2/c1-25(2,3)11-16(12-30)24(37)36-9-5-6-17(13-36)35-23-20(22(32)33-14-34-23)21(31)15-7-8-18(26(27,28)29)19(10-15)38-4/h7-8,10-11,14,17,31H,5-6,9,13H2,1-4H3,(H3,32,33,34,35)/b16-11+,31-21?. The van der Waals surface area contributed by atoms with Gasteiger partial charge in [-0.2, -0.15) is 18.4 Å². The van der Waals surface area contributed by atoms with Crippen LogP contribution in [0.2, 0.25) is 0 Å². The molecule has 202 valence electrons. The van der Waals surface area contributed by atoms with Crippen LogP contribution in [0.15, 0.2) is 36.2 Å². The average molecular weight is 530 g/mol. The Kier molecular flexibility index (Phi) is 8.29. The fraction of sp³-hybridized carbons (Fsp3) is 0.423. The van der Waals surface area contributed by atoms with Crippen LogP contribution >= 0.6 is 0 Å². The quantitative estimate of drug-likeness (QED) is 0.286. The Morgan fingerprint density at radius 3 is 2.63 bits per heavy atom. The molecule has 0 aliphatic carbocycles. The lowest BCUT2D eigenvalue weighted by molar-refractivity contribution is -0.138. The third-order valence-electron chi connectivity index (χ3n) is 5.90. The van der Waals surface area contributed by atoms with Crippen molar-refractivity contribution in [1.29, 1.82) is 10.7 Å². The molecule has 12 heteroatoms. The number of nitrogens with one attached hydrogen (secondary N) is 2. The first-order valence-electron chi connectivity index (χ1n) is 11.9. The summed E-state index contributed by atoms with van der Waals surface area (Å²) < 4.78 is 44.8. The molecule has 1 amide bonds. The van der Waals surface area contributed by atoms with Gasteiger partial charge in [0.15, 0.2) is 0 Å². The van der Waals surface area contributed by atoms with Gasteiger partial charge in [-0.1, -0.05) is 32.9 Å². The lowest BCUT2D eigenvalue weighted by Gasteiger charge is -2.34. The Hall–Kier alpha value is -4.14. The van der Waals surface area contributed by atoms with E-state index in [1.807, 2.05) is 26.8 Å². The van der Waals surface area contributed by atoms with Gasteiger partial charge in [-0.15, -0.1) is 0 Å². The Morgan fingerprint density at radius 1 is 1.32 bits per heavy atom. The van der Waals surface area contributed by atoms with Gasteiger partial charge in [0.1, 0.15) is 35.4 Å². The number of amides is 1. The molecule has 4 N–H and O–H groups in total. The van der Waals surface area contributed by atoms with E-state index in [0.717, 1.165) is 25.3 Å². The van der Waals surface area contributed by atoms with Gasteiger partial charge in [0, 0.05) is 24.7 Å². The number of piperidine rings is 1. The Balaban J connectivity index is 1.87. The van der Waals surface area contributed by atoms with Crippen molar-refractivity contribution in [2.75, 3.05) is 31.2 Å². The van der Waals surface area contributed by atoms with Gasteiger partial charge in [-0.05, 0) is 30.4 Å². The predicted molar refractivity (Wildman–Crippen MR) is 137 cm³/mol. The minimum Gasteiger partial charge on any atom is -0.496 e. The number of nitriles is 1. The first-order chi connectivity index (χ1) is 17.7. The molecule has 1 aliphatic rings. The number of benzene rings is 1. The predicted octanol–water partition coefficient (Wildman–Crippen LogP) is 4.40. The second-order valence-electron chi connectivity index (χ2n) is 10.0. The van der Waals surface area contributed by atoms with E-state index in [2.05, 4.69) is 15.3 Å². The minimum atomic E-state index is -4.62. The van der Waals surface area contributed by atoms with Crippen LogP contribution in [0.1, 0.15) is 50.3 Å². The lowest BCUT2D eigenvalue weighted by Crippen LogP contribution is -2.46. The number of ether oxygens (including phenoxy) is 1. The fourth-order valence-electron chi connectivity index (χ4n) is 4.20. The number of aromatic nitrogens is 2. The normalized spacial score (nSPS) is 16.5. The highest BCUT2D eigenvalue weighted by atomic mass is 19.4. The number of alkyl halides is 3. The number of hydrogen-bond acceptors (Lipinski definition) is 8. The van der Waals surface area contributed by atoms with Crippen molar-refractivity contribution in [1.82, 2.24) is 14.9 Å². The molecule has 1 aromatic heterocycles. The van der Waals surface area contributed by atoms with Crippen molar-refractivity contribution in [3.8, 4) is 11.8 Å². The number of nitrogen functional groups attached to an aromatic ring is 1. The molecule has 1 saturated heterocycles. The number of carbonyl (C=O) groups is 1. The maximum absolute atomic E-state index is 13.3. The van der Waals surface area contributed by atoms with E-state index in [9.17, 15) is 23.2 Å². The summed E-state index contributed by atoms with van der Waals surface area (Å²) in [5, 5.41) is 21.4. The summed E-state index contributed by atoms with van der Waals surface area (Å²) in [6, 6.07) is 4.85. The van der Waals surface area contributed by atoms with E-state index in [1.54, 1.807) is 11.0 Å². The highest BCUT2D eigenvalue weighted by molar-refractivity contribution is 6.16. The van der Waals surface area contributed by atoms with Crippen LogP contribution < -0.4 is 15.8 Å². The summed E-state index contributed by atoms with van der Waals surface area (Å²) in [6.07, 6.45) is -0.408. The van der Waals surface area contributed by atoms with Crippen molar-refractivity contribution in [3.05, 3.63) is 52.9 Å². The second kappa shape index (κ2) is 11.1. The lowest BCUT2D eigenvalue weighted by atomic mass is 9.93. The van der Waals surface area contributed by atoms with E-state index >= 15 is 0 Å². The van der Waals surface area contributed by atoms with Crippen molar-refractivity contribution in [2.45, 2.75) is 45.8 Å². The van der Waals surface area contributed by atoms with Gasteiger partial charge in [0.05, 0.1) is 23.9 Å². The average Bonchev–Trinajstić information content (AvgIpc) is 2.85. The first-order valence-corrected chi connectivity index (χ1v) is 11.9. The zero-order valence-corrected chi connectivity index (χ0v) is 21.6. The van der Waals surface area contributed by atoms with Crippen molar-refractivity contribution in [2.24, 2.45) is 5.41 Å². The second-order valence-corrected chi connectivity index (χ2v) is 10.0. The van der Waals surface area contributed by atoms with Crippen molar-refractivity contribution < 1.29 is 22.7 Å². The number of likely N-dealkylation sites (tertiary alicyclic amines) is 1. The van der Waals surface area contributed by atoms with Crippen LogP contribution in [0.25, 0.3) is 0 Å². The summed E-state index contributed by atoms with van der Waals surface area (Å²) in [4.78, 5) is 22.8. The molecule has 0 saturated carbocycles. The van der Waals surface area contributed by atoms with Crippen molar-refractivity contribution >= 4 is 23.3 Å².